The maximum atomic E-state index is 12.2. The van der Waals surface area contributed by atoms with E-state index in [1.807, 2.05) is 6.92 Å². The molecule has 0 radical (unpaired) electrons. The largest absolute Gasteiger partial charge is 0.375 e. The Labute approximate surface area is 198 Å². The molecule has 0 aromatic rings. The number of carbonyl (C=O) groups excluding carboxylic acids is 4. The van der Waals surface area contributed by atoms with Gasteiger partial charge in [-0.05, 0) is 6.42 Å². The van der Waals surface area contributed by atoms with E-state index in [4.69, 9.17) is 25.8 Å². The molecule has 0 saturated carbocycles. The fraction of sp³-hybridized carbons (Fsp3) is 0.700. The van der Waals surface area contributed by atoms with Gasteiger partial charge in [0.25, 0.3) is 0 Å². The van der Waals surface area contributed by atoms with Gasteiger partial charge in [-0.3, -0.25) is 24.2 Å². The molecule has 0 bridgehead atoms. The minimum absolute atomic E-state index is 0.0265. The summed E-state index contributed by atoms with van der Waals surface area (Å²) in [6.45, 7) is 3.06. The zero-order chi connectivity index (χ0) is 25.3. The van der Waals surface area contributed by atoms with Crippen LogP contribution in [0.25, 0.3) is 0 Å². The fourth-order valence-corrected chi connectivity index (χ4v) is 2.77. The SMILES string of the molecule is CCCNC(=O)CN=C/C(COCC(=O)N1CC(OCCN(CC(N)=O)C(=O)COC)C1)=N\N. The highest BCUT2D eigenvalue weighted by atomic mass is 16.5. The predicted molar refractivity (Wildman–Crippen MR) is 123 cm³/mol. The van der Waals surface area contributed by atoms with Gasteiger partial charge in [0, 0.05) is 39.5 Å². The van der Waals surface area contributed by atoms with Gasteiger partial charge in [-0.25, -0.2) is 0 Å². The topological polar surface area (TPSA) is 191 Å². The number of aliphatic imine (C=N–C) groups is 1. The van der Waals surface area contributed by atoms with Gasteiger partial charge >= 0.3 is 0 Å². The number of ether oxygens (including phenoxy) is 3. The Morgan fingerprint density at radius 2 is 1.94 bits per heavy atom. The van der Waals surface area contributed by atoms with E-state index in [0.717, 1.165) is 6.42 Å². The van der Waals surface area contributed by atoms with Crippen LogP contribution in [0.1, 0.15) is 13.3 Å². The monoisotopic (exact) mass is 485 g/mol. The number of likely N-dealkylation sites (tertiary alicyclic amines) is 1. The Kier molecular flexibility index (Phi) is 14.0. The van der Waals surface area contributed by atoms with Crippen LogP contribution in [0.2, 0.25) is 0 Å². The van der Waals surface area contributed by atoms with Gasteiger partial charge in [-0.2, -0.15) is 5.10 Å². The highest BCUT2D eigenvalue weighted by molar-refractivity contribution is 6.31. The van der Waals surface area contributed by atoms with E-state index in [9.17, 15) is 19.2 Å². The van der Waals surface area contributed by atoms with Crippen LogP contribution in [0.5, 0.6) is 0 Å². The Bertz CT molecular complexity index is 739. The molecular weight excluding hydrogens is 450 g/mol. The first-order chi connectivity index (χ1) is 16.3. The number of nitrogens with two attached hydrogens (primary N) is 2. The van der Waals surface area contributed by atoms with E-state index in [1.165, 1.54) is 18.2 Å². The second kappa shape index (κ2) is 16.5. The summed E-state index contributed by atoms with van der Waals surface area (Å²) in [4.78, 5) is 53.5. The van der Waals surface area contributed by atoms with Gasteiger partial charge in [0.1, 0.15) is 25.5 Å². The standard InChI is InChI=1S/C20H35N7O7/c1-3-4-24-18(29)8-23-7-15(25-22)12-33-14-20(31)27-9-16(10-27)34-6-5-26(11-17(21)28)19(30)13-32-2/h7,16H,3-6,8-14,22H2,1-2H3,(H2,21,28)(H,24,29)/b23-7?,25-15+. The molecule has 1 saturated heterocycles. The van der Waals surface area contributed by atoms with Crippen LogP contribution in [-0.2, 0) is 33.4 Å². The number of nitrogens with one attached hydrogen (secondary N) is 1. The number of hydrazone groups is 1. The average molecular weight is 486 g/mol. The van der Waals surface area contributed by atoms with Gasteiger partial charge in [-0.15, -0.1) is 0 Å². The third-order valence-electron chi connectivity index (χ3n) is 4.57. The molecule has 0 spiro atoms. The molecule has 4 amide bonds. The average Bonchev–Trinajstić information content (AvgIpc) is 2.76. The number of amides is 4. The molecule has 0 aromatic carbocycles. The molecular formula is C20H35N7O7. The normalized spacial score (nSPS) is 14.2. The summed E-state index contributed by atoms with van der Waals surface area (Å²) in [6, 6.07) is 0. The second-order valence-corrected chi connectivity index (χ2v) is 7.44. The van der Waals surface area contributed by atoms with Gasteiger partial charge in [-0.1, -0.05) is 6.92 Å². The van der Waals surface area contributed by atoms with Crippen molar-refractivity contribution in [1.82, 2.24) is 15.1 Å². The van der Waals surface area contributed by atoms with E-state index < -0.39 is 5.91 Å². The van der Waals surface area contributed by atoms with Crippen molar-refractivity contribution in [3.63, 3.8) is 0 Å². The molecule has 14 nitrogen and oxygen atoms in total. The summed E-state index contributed by atoms with van der Waals surface area (Å²) in [5.41, 5.74) is 5.45. The van der Waals surface area contributed by atoms with Crippen molar-refractivity contribution in [2.24, 2.45) is 21.7 Å². The lowest BCUT2D eigenvalue weighted by Gasteiger charge is -2.39. The fourth-order valence-electron chi connectivity index (χ4n) is 2.77. The maximum absolute atomic E-state index is 12.2. The smallest absolute Gasteiger partial charge is 0.249 e. The zero-order valence-corrected chi connectivity index (χ0v) is 19.7. The summed E-state index contributed by atoms with van der Waals surface area (Å²) in [5, 5.41) is 6.22. The van der Waals surface area contributed by atoms with E-state index in [2.05, 4.69) is 15.4 Å². The second-order valence-electron chi connectivity index (χ2n) is 7.44. The van der Waals surface area contributed by atoms with Crippen molar-refractivity contribution >= 4 is 35.6 Å². The summed E-state index contributed by atoms with van der Waals surface area (Å²) in [7, 11) is 1.38. The quantitative estimate of drug-likeness (QED) is 0.111. The van der Waals surface area contributed by atoms with E-state index in [0.29, 0.717) is 25.3 Å². The number of hydrogen-bond donors (Lipinski definition) is 3. The maximum Gasteiger partial charge on any atom is 0.249 e. The number of carbonyl (C=O) groups is 4. The Hall–Kier alpha value is -3.10. The molecule has 1 heterocycles. The molecule has 1 aliphatic heterocycles. The summed E-state index contributed by atoms with van der Waals surface area (Å²) < 4.78 is 15.8. The van der Waals surface area contributed by atoms with Gasteiger partial charge < -0.3 is 40.9 Å². The highest BCUT2D eigenvalue weighted by Crippen LogP contribution is 2.12. The molecule has 0 aliphatic carbocycles. The molecule has 0 aromatic heterocycles. The third-order valence-corrected chi connectivity index (χ3v) is 4.57. The minimum atomic E-state index is -0.628. The number of rotatable bonds is 17. The Balaban J connectivity index is 2.24. The lowest BCUT2D eigenvalue weighted by molar-refractivity contribution is -0.150. The lowest BCUT2D eigenvalue weighted by Crippen LogP contribution is -2.56. The highest BCUT2D eigenvalue weighted by Gasteiger charge is 2.31. The molecule has 0 unspecified atom stereocenters. The van der Waals surface area contributed by atoms with Crippen LogP contribution in [0.4, 0.5) is 0 Å². The Morgan fingerprint density at radius 1 is 1.21 bits per heavy atom. The molecule has 34 heavy (non-hydrogen) atoms. The van der Waals surface area contributed by atoms with Gasteiger partial charge in [0.05, 0.1) is 25.9 Å². The van der Waals surface area contributed by atoms with Crippen LogP contribution >= 0.6 is 0 Å². The van der Waals surface area contributed by atoms with Crippen molar-refractivity contribution in [3.8, 4) is 0 Å². The molecule has 1 fully saturated rings. The van der Waals surface area contributed by atoms with Crippen molar-refractivity contribution in [3.05, 3.63) is 0 Å². The first-order valence-corrected chi connectivity index (χ1v) is 10.9. The molecule has 5 N–H and O–H groups in total. The molecule has 1 rings (SSSR count). The summed E-state index contributed by atoms with van der Waals surface area (Å²) in [5.74, 6) is 3.86. The predicted octanol–water partition coefficient (Wildman–Crippen LogP) is -2.90. The molecule has 192 valence electrons. The summed E-state index contributed by atoms with van der Waals surface area (Å²) >= 11 is 0. The first-order valence-electron chi connectivity index (χ1n) is 10.9. The molecule has 14 heteroatoms. The first kappa shape index (κ1) is 28.9. The van der Waals surface area contributed by atoms with E-state index in [-0.39, 0.29) is 69.9 Å². The van der Waals surface area contributed by atoms with Crippen LogP contribution in [0, 0.1) is 0 Å². The third kappa shape index (κ3) is 11.7. The van der Waals surface area contributed by atoms with E-state index in [1.54, 1.807) is 4.90 Å². The van der Waals surface area contributed by atoms with Crippen LogP contribution in [0.15, 0.2) is 10.1 Å². The lowest BCUT2D eigenvalue weighted by atomic mass is 10.1. The Morgan fingerprint density at radius 3 is 2.56 bits per heavy atom. The number of hydrogen-bond acceptors (Lipinski definition) is 10. The van der Waals surface area contributed by atoms with Gasteiger partial charge in [0.2, 0.25) is 23.6 Å². The number of methoxy groups -OCH3 is 1. The van der Waals surface area contributed by atoms with Crippen LogP contribution in [0.3, 0.4) is 0 Å². The van der Waals surface area contributed by atoms with Crippen molar-refractivity contribution in [2.45, 2.75) is 19.4 Å². The molecule has 0 atom stereocenters. The number of nitrogens with zero attached hydrogens (tertiary/aromatic N) is 4. The van der Waals surface area contributed by atoms with Crippen LogP contribution in [-0.4, -0.2) is 124 Å². The number of primary amides is 1. The zero-order valence-electron chi connectivity index (χ0n) is 19.7. The van der Waals surface area contributed by atoms with Crippen molar-refractivity contribution < 1.29 is 33.4 Å². The molecule has 1 aliphatic rings. The van der Waals surface area contributed by atoms with Crippen molar-refractivity contribution in [1.29, 1.82) is 0 Å². The van der Waals surface area contributed by atoms with Crippen molar-refractivity contribution in [2.75, 3.05) is 72.8 Å². The minimum Gasteiger partial charge on any atom is -0.375 e. The van der Waals surface area contributed by atoms with Crippen LogP contribution < -0.4 is 16.9 Å². The van der Waals surface area contributed by atoms with E-state index >= 15 is 0 Å². The summed E-state index contributed by atoms with van der Waals surface area (Å²) in [6.07, 6.45) is 1.99. The van der Waals surface area contributed by atoms with Gasteiger partial charge in [0.15, 0.2) is 0 Å².